The first-order valence-electron chi connectivity index (χ1n) is 7.24. The van der Waals surface area contributed by atoms with Crippen molar-refractivity contribution < 1.29 is 19.4 Å². The van der Waals surface area contributed by atoms with Crippen molar-refractivity contribution in [2.75, 3.05) is 6.61 Å². The van der Waals surface area contributed by atoms with E-state index in [0.29, 0.717) is 25.9 Å². The van der Waals surface area contributed by atoms with E-state index in [4.69, 9.17) is 4.74 Å². The molecule has 4 aliphatic rings. The maximum atomic E-state index is 12.4. The summed E-state index contributed by atoms with van der Waals surface area (Å²) in [5, 5.41) is 10.7. The second-order valence-electron chi connectivity index (χ2n) is 7.07. The molecule has 0 aliphatic heterocycles. The largest absolute Gasteiger partial charge is 0.466 e. The van der Waals surface area contributed by atoms with Crippen molar-refractivity contribution in [1.29, 1.82) is 0 Å². The van der Waals surface area contributed by atoms with Crippen molar-refractivity contribution in [2.45, 2.75) is 58.0 Å². The third kappa shape index (κ3) is 1.76. The third-order valence-electron chi connectivity index (χ3n) is 5.49. The lowest BCUT2D eigenvalue weighted by molar-refractivity contribution is -0.214. The molecule has 0 aromatic carbocycles. The highest BCUT2D eigenvalue weighted by molar-refractivity contribution is 5.86. The maximum absolute atomic E-state index is 12.4. The van der Waals surface area contributed by atoms with Gasteiger partial charge in [-0.1, -0.05) is 0 Å². The van der Waals surface area contributed by atoms with E-state index < -0.39 is 16.4 Å². The van der Waals surface area contributed by atoms with Gasteiger partial charge in [-0.05, 0) is 58.3 Å². The number of ether oxygens (including phenoxy) is 1. The summed E-state index contributed by atoms with van der Waals surface area (Å²) in [5.74, 6) is 0.210. The standard InChI is InChI=1S/C15H22O4/c1-3-19-12(17)14-5-11-4-13(7-14,10(2)16)8-15(18,6-11)9-14/h11,18H,3-9H2,1-2H3. The molecule has 4 rings (SSSR count). The zero-order valence-electron chi connectivity index (χ0n) is 11.7. The number of hydrogen-bond donors (Lipinski definition) is 1. The zero-order chi connectivity index (χ0) is 13.9. The predicted octanol–water partition coefficient (Wildman–Crippen LogP) is 1.84. The van der Waals surface area contributed by atoms with Crippen LogP contribution in [0.3, 0.4) is 0 Å². The highest BCUT2D eigenvalue weighted by Gasteiger charge is 2.67. The van der Waals surface area contributed by atoms with E-state index in [-0.39, 0.29) is 17.7 Å². The Bertz CT molecular complexity index is 445. The van der Waals surface area contributed by atoms with Gasteiger partial charge in [-0.2, -0.15) is 0 Å². The van der Waals surface area contributed by atoms with Crippen LogP contribution < -0.4 is 0 Å². The Morgan fingerprint density at radius 1 is 1.16 bits per heavy atom. The van der Waals surface area contributed by atoms with Gasteiger partial charge < -0.3 is 9.84 Å². The number of carbonyl (C=O) groups is 2. The molecule has 0 aromatic rings. The summed E-state index contributed by atoms with van der Waals surface area (Å²) in [6.45, 7) is 3.76. The van der Waals surface area contributed by atoms with Crippen LogP contribution in [0.15, 0.2) is 0 Å². The summed E-state index contributed by atoms with van der Waals surface area (Å²) in [4.78, 5) is 24.5. The molecule has 4 unspecified atom stereocenters. The number of ketones is 1. The number of hydrogen-bond acceptors (Lipinski definition) is 4. The van der Waals surface area contributed by atoms with E-state index in [1.54, 1.807) is 13.8 Å². The van der Waals surface area contributed by atoms with E-state index in [9.17, 15) is 14.7 Å². The van der Waals surface area contributed by atoms with E-state index in [0.717, 1.165) is 19.3 Å². The minimum atomic E-state index is -0.835. The minimum absolute atomic E-state index is 0.128. The fourth-order valence-electron chi connectivity index (χ4n) is 5.29. The SMILES string of the molecule is CCOC(=O)C12CC3CC(O)(CC(C(C)=O)(C3)C1)C2. The van der Waals surface area contributed by atoms with E-state index in [2.05, 4.69) is 0 Å². The minimum Gasteiger partial charge on any atom is -0.466 e. The number of rotatable bonds is 3. The van der Waals surface area contributed by atoms with Gasteiger partial charge in [0.2, 0.25) is 0 Å². The van der Waals surface area contributed by atoms with Gasteiger partial charge in [0.05, 0.1) is 17.6 Å². The Morgan fingerprint density at radius 2 is 1.79 bits per heavy atom. The van der Waals surface area contributed by atoms with Crippen LogP contribution in [-0.4, -0.2) is 29.1 Å². The van der Waals surface area contributed by atoms with Gasteiger partial charge in [-0.15, -0.1) is 0 Å². The van der Waals surface area contributed by atoms with Gasteiger partial charge in [-0.3, -0.25) is 9.59 Å². The summed E-state index contributed by atoms with van der Waals surface area (Å²) < 4.78 is 5.24. The fraction of sp³-hybridized carbons (Fsp3) is 0.867. The van der Waals surface area contributed by atoms with Crippen molar-refractivity contribution in [2.24, 2.45) is 16.7 Å². The van der Waals surface area contributed by atoms with Gasteiger partial charge in [0.1, 0.15) is 5.78 Å². The first-order chi connectivity index (χ1) is 8.83. The van der Waals surface area contributed by atoms with Gasteiger partial charge in [0.25, 0.3) is 0 Å². The van der Waals surface area contributed by atoms with E-state index in [1.165, 1.54) is 0 Å². The van der Waals surface area contributed by atoms with Gasteiger partial charge in [-0.25, -0.2) is 0 Å². The van der Waals surface area contributed by atoms with Crippen molar-refractivity contribution >= 4 is 11.8 Å². The van der Waals surface area contributed by atoms with Crippen LogP contribution >= 0.6 is 0 Å². The molecule has 4 saturated carbocycles. The second-order valence-corrected chi connectivity index (χ2v) is 7.07. The topological polar surface area (TPSA) is 63.6 Å². The fourth-order valence-corrected chi connectivity index (χ4v) is 5.29. The normalized spacial score (nSPS) is 47.2. The molecule has 106 valence electrons. The van der Waals surface area contributed by atoms with Crippen molar-refractivity contribution in [3.63, 3.8) is 0 Å². The molecular formula is C15H22O4. The number of esters is 1. The summed E-state index contributed by atoms with van der Waals surface area (Å²) in [6.07, 6.45) is 3.95. The second kappa shape index (κ2) is 3.81. The Balaban J connectivity index is 2.00. The monoisotopic (exact) mass is 266 g/mol. The van der Waals surface area contributed by atoms with Crippen LogP contribution in [0.25, 0.3) is 0 Å². The molecule has 1 N–H and O–H groups in total. The van der Waals surface area contributed by atoms with Crippen molar-refractivity contribution in [1.82, 2.24) is 0 Å². The molecule has 0 amide bonds. The third-order valence-corrected chi connectivity index (χ3v) is 5.49. The quantitative estimate of drug-likeness (QED) is 0.792. The maximum Gasteiger partial charge on any atom is 0.312 e. The number of carbonyl (C=O) groups excluding carboxylic acids is 2. The molecule has 4 aliphatic carbocycles. The zero-order valence-corrected chi connectivity index (χ0v) is 11.7. The van der Waals surface area contributed by atoms with Crippen LogP contribution in [0.2, 0.25) is 0 Å². The molecule has 4 heteroatoms. The Hall–Kier alpha value is -0.900. The smallest absolute Gasteiger partial charge is 0.312 e. The molecule has 4 bridgehead atoms. The molecule has 4 nitrogen and oxygen atoms in total. The first-order valence-corrected chi connectivity index (χ1v) is 7.24. The van der Waals surface area contributed by atoms with Gasteiger partial charge in [0, 0.05) is 5.41 Å². The molecule has 0 spiro atoms. The highest BCUT2D eigenvalue weighted by atomic mass is 16.5. The molecular weight excluding hydrogens is 244 g/mol. The van der Waals surface area contributed by atoms with Crippen LogP contribution in [0.5, 0.6) is 0 Å². The van der Waals surface area contributed by atoms with Crippen LogP contribution in [0, 0.1) is 16.7 Å². The average Bonchev–Trinajstić information content (AvgIpc) is 2.25. The van der Waals surface area contributed by atoms with Crippen LogP contribution in [0.4, 0.5) is 0 Å². The Kier molecular flexibility index (Phi) is 2.63. The molecule has 4 fully saturated rings. The van der Waals surface area contributed by atoms with Crippen LogP contribution in [0.1, 0.15) is 52.4 Å². The Morgan fingerprint density at radius 3 is 2.37 bits per heavy atom. The Labute approximate surface area is 113 Å². The summed E-state index contributed by atoms with van der Waals surface area (Å²) in [5.41, 5.74) is -1.94. The number of Topliss-reactive ketones (excluding diaryl/α,β-unsaturated/α-hetero) is 1. The van der Waals surface area contributed by atoms with Crippen molar-refractivity contribution in [3.05, 3.63) is 0 Å². The van der Waals surface area contributed by atoms with Gasteiger partial charge >= 0.3 is 5.97 Å². The lowest BCUT2D eigenvalue weighted by atomic mass is 9.42. The molecule has 19 heavy (non-hydrogen) atoms. The van der Waals surface area contributed by atoms with E-state index in [1.807, 2.05) is 0 Å². The molecule has 0 heterocycles. The first kappa shape index (κ1) is 13.1. The molecule has 0 radical (unpaired) electrons. The van der Waals surface area contributed by atoms with Gasteiger partial charge in [0.15, 0.2) is 0 Å². The summed E-state index contributed by atoms with van der Waals surface area (Å²) >= 11 is 0. The predicted molar refractivity (Wildman–Crippen MR) is 68.3 cm³/mol. The van der Waals surface area contributed by atoms with E-state index >= 15 is 0 Å². The molecule has 0 aromatic heterocycles. The van der Waals surface area contributed by atoms with Crippen LogP contribution in [-0.2, 0) is 14.3 Å². The molecule has 4 atom stereocenters. The lowest BCUT2D eigenvalue weighted by Crippen LogP contribution is -2.64. The highest BCUT2D eigenvalue weighted by Crippen LogP contribution is 2.67. The number of aliphatic hydroxyl groups is 1. The molecule has 0 saturated heterocycles. The summed E-state index contributed by atoms with van der Waals surface area (Å²) in [6, 6.07) is 0. The average molecular weight is 266 g/mol. The summed E-state index contributed by atoms with van der Waals surface area (Å²) in [7, 11) is 0. The van der Waals surface area contributed by atoms with Crippen molar-refractivity contribution in [3.8, 4) is 0 Å². The lowest BCUT2D eigenvalue weighted by Gasteiger charge is -2.63.